The monoisotopic (exact) mass is 476 g/mol. The van der Waals surface area contributed by atoms with Crippen LogP contribution in [0.15, 0.2) is 42.9 Å². The number of benzene rings is 1. The van der Waals surface area contributed by atoms with Gasteiger partial charge in [-0.15, -0.1) is 0 Å². The zero-order chi connectivity index (χ0) is 24.3. The molecule has 33 heavy (non-hydrogen) atoms. The van der Waals surface area contributed by atoms with Crippen molar-refractivity contribution in [2.75, 3.05) is 31.1 Å². The summed E-state index contributed by atoms with van der Waals surface area (Å²) in [6, 6.07) is 6.26. The van der Waals surface area contributed by atoms with E-state index in [2.05, 4.69) is 14.9 Å². The standard InChI is InChI=1S/C19H21F3N4.C2HF3O2/c20-16-3-1-15(2-4-16)12-25-9-6-19(21,22)18(13-25)5-10-26(14-18)17-11-23-7-8-24-17;3-2(4,5)1(6)7/h1-4,7-8,11H,5-6,9-10,12-14H2;(H,6,7). The van der Waals surface area contributed by atoms with Crippen molar-refractivity contribution in [3.05, 3.63) is 54.2 Å². The Bertz CT molecular complexity index is 942. The van der Waals surface area contributed by atoms with Gasteiger partial charge in [0.25, 0.3) is 5.92 Å². The molecule has 0 amide bonds. The summed E-state index contributed by atoms with van der Waals surface area (Å²) < 4.78 is 74.6. The highest BCUT2D eigenvalue weighted by Crippen LogP contribution is 2.50. The van der Waals surface area contributed by atoms with Crippen molar-refractivity contribution in [3.63, 3.8) is 0 Å². The smallest absolute Gasteiger partial charge is 0.475 e. The van der Waals surface area contributed by atoms with E-state index in [4.69, 9.17) is 9.90 Å². The second-order valence-corrected chi connectivity index (χ2v) is 8.11. The largest absolute Gasteiger partial charge is 0.490 e. The third kappa shape index (κ3) is 5.92. The van der Waals surface area contributed by atoms with Crippen LogP contribution in [0.3, 0.4) is 0 Å². The van der Waals surface area contributed by atoms with E-state index in [9.17, 15) is 26.3 Å². The van der Waals surface area contributed by atoms with E-state index in [0.29, 0.717) is 38.4 Å². The van der Waals surface area contributed by atoms with Gasteiger partial charge >= 0.3 is 12.1 Å². The highest BCUT2D eigenvalue weighted by molar-refractivity contribution is 5.73. The predicted octanol–water partition coefficient (Wildman–Crippen LogP) is 3.99. The van der Waals surface area contributed by atoms with Gasteiger partial charge in [-0.2, -0.15) is 13.2 Å². The summed E-state index contributed by atoms with van der Waals surface area (Å²) in [7, 11) is 0. The Morgan fingerprint density at radius 2 is 1.73 bits per heavy atom. The van der Waals surface area contributed by atoms with E-state index in [0.717, 1.165) is 5.56 Å². The average molecular weight is 476 g/mol. The molecule has 4 rings (SSSR count). The molecular weight excluding hydrogens is 454 g/mol. The maximum Gasteiger partial charge on any atom is 0.490 e. The third-order valence-corrected chi connectivity index (χ3v) is 5.83. The van der Waals surface area contributed by atoms with Crippen LogP contribution in [-0.4, -0.2) is 64.2 Å². The minimum Gasteiger partial charge on any atom is -0.475 e. The number of carboxylic acid groups (broad SMARTS) is 1. The molecule has 2 fully saturated rings. The minimum absolute atomic E-state index is 0.150. The Kier molecular flexibility index (Phi) is 7.15. The molecule has 6 nitrogen and oxygen atoms in total. The molecule has 12 heteroatoms. The van der Waals surface area contributed by atoms with E-state index in [1.807, 2.05) is 4.90 Å². The number of nitrogens with zero attached hydrogens (tertiary/aromatic N) is 4. The third-order valence-electron chi connectivity index (χ3n) is 5.83. The zero-order valence-corrected chi connectivity index (χ0v) is 17.4. The zero-order valence-electron chi connectivity index (χ0n) is 17.4. The number of rotatable bonds is 3. The molecular formula is C21H22F6N4O2. The summed E-state index contributed by atoms with van der Waals surface area (Å²) in [5.41, 5.74) is -0.140. The van der Waals surface area contributed by atoms with Crippen molar-refractivity contribution in [3.8, 4) is 0 Å². The van der Waals surface area contributed by atoms with Gasteiger partial charge in [0.15, 0.2) is 0 Å². The molecule has 180 valence electrons. The number of hydrogen-bond acceptors (Lipinski definition) is 5. The van der Waals surface area contributed by atoms with Crippen LogP contribution in [0.25, 0.3) is 0 Å². The Labute approximate surface area is 185 Å². The van der Waals surface area contributed by atoms with E-state index in [-0.39, 0.29) is 18.8 Å². The van der Waals surface area contributed by atoms with E-state index in [1.165, 1.54) is 12.1 Å². The summed E-state index contributed by atoms with van der Waals surface area (Å²) in [5, 5.41) is 7.12. The average Bonchev–Trinajstić information content (AvgIpc) is 3.19. The van der Waals surface area contributed by atoms with Crippen LogP contribution in [0.1, 0.15) is 18.4 Å². The molecule has 1 aromatic heterocycles. The van der Waals surface area contributed by atoms with Gasteiger partial charge in [-0.3, -0.25) is 9.88 Å². The Morgan fingerprint density at radius 3 is 2.30 bits per heavy atom. The first-order chi connectivity index (χ1) is 15.4. The van der Waals surface area contributed by atoms with Gasteiger partial charge in [0.1, 0.15) is 11.6 Å². The van der Waals surface area contributed by atoms with Crippen molar-refractivity contribution < 1.29 is 36.2 Å². The van der Waals surface area contributed by atoms with Crippen molar-refractivity contribution in [1.82, 2.24) is 14.9 Å². The lowest BCUT2D eigenvalue weighted by molar-refractivity contribution is -0.192. The summed E-state index contributed by atoms with van der Waals surface area (Å²) >= 11 is 0. The van der Waals surface area contributed by atoms with Gasteiger partial charge in [0.2, 0.25) is 0 Å². The number of halogens is 6. The summed E-state index contributed by atoms with van der Waals surface area (Å²) in [4.78, 5) is 21.2. The lowest BCUT2D eigenvalue weighted by Crippen LogP contribution is -2.56. The fraction of sp³-hybridized carbons (Fsp3) is 0.476. The second kappa shape index (κ2) is 9.54. The van der Waals surface area contributed by atoms with E-state index >= 15 is 0 Å². The SMILES string of the molecule is Fc1ccc(CN2CCC(F)(F)C3(CCN(c4cnccn4)C3)C2)cc1.O=C(O)C(F)(F)F. The maximum atomic E-state index is 14.9. The van der Waals surface area contributed by atoms with Gasteiger partial charge in [-0.1, -0.05) is 12.1 Å². The highest BCUT2D eigenvalue weighted by Gasteiger charge is 2.59. The van der Waals surface area contributed by atoms with Gasteiger partial charge < -0.3 is 10.0 Å². The van der Waals surface area contributed by atoms with Gasteiger partial charge in [-0.25, -0.2) is 22.9 Å². The number of likely N-dealkylation sites (tertiary alicyclic amines) is 1. The molecule has 2 aliphatic rings. The topological polar surface area (TPSA) is 69.6 Å². The van der Waals surface area contributed by atoms with Gasteiger partial charge in [0, 0.05) is 51.5 Å². The van der Waals surface area contributed by atoms with Crippen molar-refractivity contribution in [1.29, 1.82) is 0 Å². The normalized spacial score (nSPS) is 22.7. The summed E-state index contributed by atoms with van der Waals surface area (Å²) in [5.74, 6) is -5.10. The van der Waals surface area contributed by atoms with Crippen LogP contribution in [0.4, 0.5) is 32.2 Å². The van der Waals surface area contributed by atoms with Gasteiger partial charge in [-0.05, 0) is 24.1 Å². The molecule has 0 aliphatic carbocycles. The molecule has 0 saturated carbocycles. The summed E-state index contributed by atoms with van der Waals surface area (Å²) in [6.45, 7) is 2.06. The van der Waals surface area contributed by atoms with E-state index in [1.54, 1.807) is 30.7 Å². The molecule has 1 aromatic carbocycles. The van der Waals surface area contributed by atoms with Crippen LogP contribution < -0.4 is 4.90 Å². The molecule has 2 aliphatic heterocycles. The Hall–Kier alpha value is -2.89. The van der Waals surface area contributed by atoms with Crippen LogP contribution in [-0.2, 0) is 11.3 Å². The predicted molar refractivity (Wildman–Crippen MR) is 106 cm³/mol. The van der Waals surface area contributed by atoms with Crippen molar-refractivity contribution >= 4 is 11.8 Å². The number of aliphatic carboxylic acids is 1. The molecule has 1 unspecified atom stereocenters. The molecule has 2 saturated heterocycles. The number of piperidine rings is 1. The first-order valence-corrected chi connectivity index (χ1v) is 10.1. The molecule has 3 heterocycles. The van der Waals surface area contributed by atoms with Crippen molar-refractivity contribution in [2.24, 2.45) is 5.41 Å². The number of aromatic nitrogens is 2. The Morgan fingerprint density at radius 1 is 1.06 bits per heavy atom. The van der Waals surface area contributed by atoms with Crippen molar-refractivity contribution in [2.45, 2.75) is 31.5 Å². The molecule has 1 spiro atoms. The maximum absolute atomic E-state index is 14.9. The van der Waals surface area contributed by atoms with Crippen LogP contribution in [0, 0.1) is 11.2 Å². The van der Waals surface area contributed by atoms with Gasteiger partial charge in [0.05, 0.1) is 11.6 Å². The lowest BCUT2D eigenvalue weighted by atomic mass is 9.75. The van der Waals surface area contributed by atoms with Crippen LogP contribution in [0.5, 0.6) is 0 Å². The number of carboxylic acids is 1. The molecule has 0 bridgehead atoms. The first-order valence-electron chi connectivity index (χ1n) is 10.1. The molecule has 2 aromatic rings. The number of anilines is 1. The summed E-state index contributed by atoms with van der Waals surface area (Å²) in [6.07, 6.45) is -0.0234. The number of carbonyl (C=O) groups is 1. The first kappa shape index (κ1) is 24.7. The van der Waals surface area contributed by atoms with E-state index < -0.39 is 23.5 Å². The van der Waals surface area contributed by atoms with Crippen LogP contribution >= 0.6 is 0 Å². The quantitative estimate of drug-likeness (QED) is 0.676. The molecule has 0 radical (unpaired) electrons. The lowest BCUT2D eigenvalue weighted by Gasteiger charge is -2.46. The molecule has 1 N–H and O–H groups in total. The second-order valence-electron chi connectivity index (χ2n) is 8.11. The Balaban J connectivity index is 0.000000383. The minimum atomic E-state index is -5.08. The molecule has 1 atom stereocenters. The van der Waals surface area contributed by atoms with Crippen LogP contribution in [0.2, 0.25) is 0 Å². The fourth-order valence-corrected chi connectivity index (χ4v) is 4.12. The fourth-order valence-electron chi connectivity index (χ4n) is 4.12. The number of alkyl halides is 5. The number of hydrogen-bond donors (Lipinski definition) is 1. The highest BCUT2D eigenvalue weighted by atomic mass is 19.4.